The summed E-state index contributed by atoms with van der Waals surface area (Å²) >= 11 is 0. The number of carboxylic acid groups (broad SMARTS) is 1. The molecule has 2 rings (SSSR count). The van der Waals surface area contributed by atoms with Gasteiger partial charge in [0.05, 0.1) is 0 Å². The Labute approximate surface area is 100 Å². The predicted molar refractivity (Wildman–Crippen MR) is 67.3 cm³/mol. The molecular formula is C14H15NO2. The molecule has 0 saturated carbocycles. The minimum absolute atomic E-state index is 0.304. The number of hydrogen-bond donors (Lipinski definition) is 1. The van der Waals surface area contributed by atoms with Crippen molar-refractivity contribution in [3.63, 3.8) is 0 Å². The SMILES string of the molecule is Cc1ccc(-c2ccc(C(=O)O)n2C)cc1C. The molecular weight excluding hydrogens is 214 g/mol. The lowest BCUT2D eigenvalue weighted by Gasteiger charge is -2.07. The highest BCUT2D eigenvalue weighted by molar-refractivity contribution is 5.87. The predicted octanol–water partition coefficient (Wildman–Crippen LogP) is 3.01. The standard InChI is InChI=1S/C14H15NO2/c1-9-4-5-11(8-10(9)2)12-6-7-13(14(16)17)15(12)3/h4-8H,1-3H3,(H,16,17). The average Bonchev–Trinajstić information content (AvgIpc) is 2.64. The summed E-state index contributed by atoms with van der Waals surface area (Å²) < 4.78 is 1.70. The van der Waals surface area contributed by atoms with E-state index in [0.717, 1.165) is 11.3 Å². The summed E-state index contributed by atoms with van der Waals surface area (Å²) in [6.45, 7) is 4.12. The highest BCUT2D eigenvalue weighted by Gasteiger charge is 2.12. The Hall–Kier alpha value is -2.03. The number of nitrogens with zero attached hydrogens (tertiary/aromatic N) is 1. The zero-order valence-corrected chi connectivity index (χ0v) is 10.2. The first kappa shape index (κ1) is 11.5. The molecule has 1 heterocycles. The molecule has 0 amide bonds. The van der Waals surface area contributed by atoms with Crippen molar-refractivity contribution in [1.29, 1.82) is 0 Å². The lowest BCUT2D eigenvalue weighted by Crippen LogP contribution is -2.05. The van der Waals surface area contributed by atoms with Crippen LogP contribution in [0.1, 0.15) is 21.6 Å². The van der Waals surface area contributed by atoms with Gasteiger partial charge in [-0.1, -0.05) is 12.1 Å². The molecule has 3 nitrogen and oxygen atoms in total. The Balaban J connectivity index is 2.53. The van der Waals surface area contributed by atoms with E-state index in [1.807, 2.05) is 12.1 Å². The molecule has 1 N–H and O–H groups in total. The monoisotopic (exact) mass is 229 g/mol. The van der Waals surface area contributed by atoms with Crippen molar-refractivity contribution >= 4 is 5.97 Å². The third kappa shape index (κ3) is 1.96. The van der Waals surface area contributed by atoms with Gasteiger partial charge in [-0.3, -0.25) is 0 Å². The molecule has 0 atom stereocenters. The molecule has 0 radical (unpaired) electrons. The number of aromatic carboxylic acids is 1. The fourth-order valence-corrected chi connectivity index (χ4v) is 1.92. The van der Waals surface area contributed by atoms with E-state index in [1.165, 1.54) is 11.1 Å². The summed E-state index contributed by atoms with van der Waals surface area (Å²) in [4.78, 5) is 11.0. The topological polar surface area (TPSA) is 42.2 Å². The van der Waals surface area contributed by atoms with Crippen molar-refractivity contribution in [2.75, 3.05) is 0 Å². The number of hydrogen-bond acceptors (Lipinski definition) is 1. The maximum atomic E-state index is 11.0. The Morgan fingerprint density at radius 1 is 1.12 bits per heavy atom. The van der Waals surface area contributed by atoms with Crippen molar-refractivity contribution in [2.45, 2.75) is 13.8 Å². The highest BCUT2D eigenvalue weighted by Crippen LogP contribution is 2.23. The third-order valence-corrected chi connectivity index (χ3v) is 3.14. The molecule has 0 aliphatic rings. The van der Waals surface area contributed by atoms with E-state index in [1.54, 1.807) is 17.7 Å². The van der Waals surface area contributed by atoms with Crippen LogP contribution in [-0.4, -0.2) is 15.6 Å². The fraction of sp³-hybridized carbons (Fsp3) is 0.214. The van der Waals surface area contributed by atoms with Crippen LogP contribution in [0.4, 0.5) is 0 Å². The summed E-state index contributed by atoms with van der Waals surface area (Å²) in [6.07, 6.45) is 0. The van der Waals surface area contributed by atoms with Crippen molar-refractivity contribution in [3.05, 3.63) is 47.2 Å². The van der Waals surface area contributed by atoms with Crippen molar-refractivity contribution in [2.24, 2.45) is 7.05 Å². The van der Waals surface area contributed by atoms with Crippen LogP contribution in [0.5, 0.6) is 0 Å². The van der Waals surface area contributed by atoms with Crippen molar-refractivity contribution < 1.29 is 9.90 Å². The van der Waals surface area contributed by atoms with Crippen LogP contribution in [0.2, 0.25) is 0 Å². The minimum atomic E-state index is -0.900. The van der Waals surface area contributed by atoms with Gasteiger partial charge >= 0.3 is 5.97 Å². The second-order valence-corrected chi connectivity index (χ2v) is 4.27. The number of benzene rings is 1. The first-order valence-electron chi connectivity index (χ1n) is 5.47. The number of carboxylic acids is 1. The smallest absolute Gasteiger partial charge is 0.352 e. The van der Waals surface area contributed by atoms with E-state index in [2.05, 4.69) is 26.0 Å². The summed E-state index contributed by atoms with van der Waals surface area (Å²) in [7, 11) is 1.77. The minimum Gasteiger partial charge on any atom is -0.477 e. The van der Waals surface area contributed by atoms with Crippen molar-refractivity contribution in [1.82, 2.24) is 4.57 Å². The van der Waals surface area contributed by atoms with Gasteiger partial charge in [0.15, 0.2) is 0 Å². The summed E-state index contributed by atoms with van der Waals surface area (Å²) in [5, 5.41) is 9.00. The number of aryl methyl sites for hydroxylation is 2. The molecule has 0 saturated heterocycles. The van der Waals surface area contributed by atoms with Crippen LogP contribution < -0.4 is 0 Å². The van der Waals surface area contributed by atoms with Gasteiger partial charge in [0.25, 0.3) is 0 Å². The second kappa shape index (κ2) is 4.09. The zero-order valence-electron chi connectivity index (χ0n) is 10.2. The summed E-state index contributed by atoms with van der Waals surface area (Å²) in [5.41, 5.74) is 4.72. The normalized spacial score (nSPS) is 10.5. The first-order chi connectivity index (χ1) is 8.00. The van der Waals surface area contributed by atoms with E-state index < -0.39 is 5.97 Å². The number of aromatic nitrogens is 1. The zero-order chi connectivity index (χ0) is 12.6. The summed E-state index contributed by atoms with van der Waals surface area (Å²) in [6, 6.07) is 9.62. The van der Waals surface area contributed by atoms with Gasteiger partial charge in [-0.05, 0) is 48.7 Å². The second-order valence-electron chi connectivity index (χ2n) is 4.27. The maximum Gasteiger partial charge on any atom is 0.352 e. The van der Waals surface area contributed by atoms with Gasteiger partial charge in [0.2, 0.25) is 0 Å². The van der Waals surface area contributed by atoms with Crippen LogP contribution in [0.15, 0.2) is 30.3 Å². The molecule has 0 aliphatic heterocycles. The van der Waals surface area contributed by atoms with Crippen LogP contribution in [0.3, 0.4) is 0 Å². The molecule has 0 fully saturated rings. The van der Waals surface area contributed by atoms with E-state index >= 15 is 0 Å². The molecule has 0 aliphatic carbocycles. The Morgan fingerprint density at radius 2 is 1.82 bits per heavy atom. The van der Waals surface area contributed by atoms with Crippen LogP contribution in [-0.2, 0) is 7.05 Å². The van der Waals surface area contributed by atoms with Crippen LogP contribution in [0.25, 0.3) is 11.3 Å². The van der Waals surface area contributed by atoms with E-state index in [4.69, 9.17) is 5.11 Å². The first-order valence-corrected chi connectivity index (χ1v) is 5.47. The van der Waals surface area contributed by atoms with Gasteiger partial charge in [0.1, 0.15) is 5.69 Å². The number of carbonyl (C=O) groups is 1. The quantitative estimate of drug-likeness (QED) is 0.860. The Bertz CT molecular complexity index is 582. The van der Waals surface area contributed by atoms with Crippen LogP contribution in [0, 0.1) is 13.8 Å². The molecule has 0 bridgehead atoms. The fourth-order valence-electron chi connectivity index (χ4n) is 1.92. The molecule has 1 aromatic heterocycles. The molecule has 2 aromatic rings. The number of rotatable bonds is 2. The lowest BCUT2D eigenvalue weighted by molar-refractivity contribution is 0.0687. The average molecular weight is 229 g/mol. The molecule has 0 unspecified atom stereocenters. The van der Waals surface area contributed by atoms with Gasteiger partial charge in [0, 0.05) is 12.7 Å². The van der Waals surface area contributed by atoms with Crippen LogP contribution >= 0.6 is 0 Å². The summed E-state index contributed by atoms with van der Waals surface area (Å²) in [5.74, 6) is -0.900. The van der Waals surface area contributed by atoms with Gasteiger partial charge in [-0.25, -0.2) is 4.79 Å². The highest BCUT2D eigenvalue weighted by atomic mass is 16.4. The van der Waals surface area contributed by atoms with E-state index in [0.29, 0.717) is 5.69 Å². The maximum absolute atomic E-state index is 11.0. The van der Waals surface area contributed by atoms with E-state index in [-0.39, 0.29) is 0 Å². The molecule has 3 heteroatoms. The van der Waals surface area contributed by atoms with Crippen molar-refractivity contribution in [3.8, 4) is 11.3 Å². The Kier molecular flexibility index (Phi) is 2.76. The Morgan fingerprint density at radius 3 is 2.35 bits per heavy atom. The molecule has 1 aromatic carbocycles. The third-order valence-electron chi connectivity index (χ3n) is 3.14. The van der Waals surface area contributed by atoms with E-state index in [9.17, 15) is 4.79 Å². The van der Waals surface area contributed by atoms with Gasteiger partial charge in [-0.15, -0.1) is 0 Å². The largest absolute Gasteiger partial charge is 0.477 e. The van der Waals surface area contributed by atoms with Gasteiger partial charge < -0.3 is 9.67 Å². The molecule has 0 spiro atoms. The molecule has 17 heavy (non-hydrogen) atoms. The lowest BCUT2D eigenvalue weighted by atomic mass is 10.0. The molecule has 88 valence electrons. The van der Waals surface area contributed by atoms with Gasteiger partial charge in [-0.2, -0.15) is 0 Å².